The van der Waals surface area contributed by atoms with Gasteiger partial charge in [-0.3, -0.25) is 4.79 Å². The second-order valence-corrected chi connectivity index (χ2v) is 3.19. The van der Waals surface area contributed by atoms with E-state index in [0.29, 0.717) is 0 Å². The topological polar surface area (TPSA) is 53.2 Å². The summed E-state index contributed by atoms with van der Waals surface area (Å²) in [7, 11) is 3.51. The van der Waals surface area contributed by atoms with Crippen molar-refractivity contribution in [1.82, 2.24) is 16.0 Å². The third-order valence-electron chi connectivity index (χ3n) is 2.52. The van der Waals surface area contributed by atoms with Gasteiger partial charge in [0.2, 0.25) is 5.91 Å². The molecule has 0 aromatic heterocycles. The highest BCUT2D eigenvalue weighted by Gasteiger charge is 2.36. The molecule has 1 aliphatic rings. The van der Waals surface area contributed by atoms with E-state index in [2.05, 4.69) is 16.0 Å². The molecule has 0 aromatic carbocycles. The molecule has 0 aromatic rings. The highest BCUT2D eigenvalue weighted by Crippen LogP contribution is 2.15. The molecule has 0 aliphatic carbocycles. The molecule has 0 bridgehead atoms. The lowest BCUT2D eigenvalue weighted by molar-refractivity contribution is -0.127. The Balaban J connectivity index is 2.66. The predicted molar refractivity (Wildman–Crippen MR) is 48.0 cm³/mol. The van der Waals surface area contributed by atoms with Gasteiger partial charge in [-0.15, -0.1) is 0 Å². The van der Waals surface area contributed by atoms with Crippen LogP contribution in [0.1, 0.15) is 12.8 Å². The number of piperidine rings is 1. The van der Waals surface area contributed by atoms with Crippen molar-refractivity contribution in [2.75, 3.05) is 27.2 Å². The van der Waals surface area contributed by atoms with Crippen LogP contribution in [0.25, 0.3) is 0 Å². The summed E-state index contributed by atoms with van der Waals surface area (Å²) in [6, 6.07) is 0. The molecule has 0 spiro atoms. The highest BCUT2D eigenvalue weighted by atomic mass is 16.2. The van der Waals surface area contributed by atoms with Crippen LogP contribution in [-0.4, -0.2) is 38.6 Å². The van der Waals surface area contributed by atoms with Gasteiger partial charge in [0, 0.05) is 13.6 Å². The average molecular weight is 171 g/mol. The molecule has 1 heterocycles. The SMILES string of the molecule is CNC(=O)C1(NC)CCCNC1. The van der Waals surface area contributed by atoms with E-state index in [1.54, 1.807) is 7.05 Å². The quantitative estimate of drug-likeness (QED) is 0.503. The van der Waals surface area contributed by atoms with Crippen molar-refractivity contribution < 1.29 is 4.79 Å². The molecule has 12 heavy (non-hydrogen) atoms. The molecule has 1 amide bonds. The zero-order valence-electron chi connectivity index (χ0n) is 7.74. The van der Waals surface area contributed by atoms with Crippen molar-refractivity contribution in [2.45, 2.75) is 18.4 Å². The van der Waals surface area contributed by atoms with Gasteiger partial charge in [-0.05, 0) is 26.4 Å². The van der Waals surface area contributed by atoms with Crippen LogP contribution in [0.3, 0.4) is 0 Å². The van der Waals surface area contributed by atoms with Gasteiger partial charge in [-0.25, -0.2) is 0 Å². The Kier molecular flexibility index (Phi) is 3.05. The minimum atomic E-state index is -0.382. The number of likely N-dealkylation sites (N-methyl/N-ethyl adjacent to an activating group) is 2. The van der Waals surface area contributed by atoms with Crippen molar-refractivity contribution in [1.29, 1.82) is 0 Å². The zero-order valence-corrected chi connectivity index (χ0v) is 7.74. The molecule has 1 rings (SSSR count). The molecular weight excluding hydrogens is 154 g/mol. The van der Waals surface area contributed by atoms with Crippen molar-refractivity contribution >= 4 is 5.91 Å². The first kappa shape index (κ1) is 9.48. The summed E-state index contributed by atoms with van der Waals surface area (Å²) >= 11 is 0. The van der Waals surface area contributed by atoms with E-state index in [0.717, 1.165) is 25.9 Å². The van der Waals surface area contributed by atoms with Crippen molar-refractivity contribution in [3.8, 4) is 0 Å². The van der Waals surface area contributed by atoms with E-state index in [9.17, 15) is 4.79 Å². The number of carbonyl (C=O) groups excluding carboxylic acids is 1. The van der Waals surface area contributed by atoms with Gasteiger partial charge in [-0.2, -0.15) is 0 Å². The van der Waals surface area contributed by atoms with E-state index < -0.39 is 0 Å². The number of carbonyl (C=O) groups is 1. The van der Waals surface area contributed by atoms with Gasteiger partial charge in [0.25, 0.3) is 0 Å². The first-order chi connectivity index (χ1) is 5.75. The Morgan fingerprint density at radius 1 is 1.50 bits per heavy atom. The Morgan fingerprint density at radius 3 is 2.67 bits per heavy atom. The summed E-state index contributed by atoms with van der Waals surface area (Å²) in [5.74, 6) is 0.0807. The maximum Gasteiger partial charge on any atom is 0.241 e. The molecular formula is C8H17N3O. The van der Waals surface area contributed by atoms with E-state index in [1.807, 2.05) is 7.05 Å². The lowest BCUT2D eigenvalue weighted by Gasteiger charge is -2.35. The summed E-state index contributed by atoms with van der Waals surface area (Å²) in [6.07, 6.45) is 1.96. The van der Waals surface area contributed by atoms with Gasteiger partial charge in [0.1, 0.15) is 5.54 Å². The molecule has 4 nitrogen and oxygen atoms in total. The fraction of sp³-hybridized carbons (Fsp3) is 0.875. The highest BCUT2D eigenvalue weighted by molar-refractivity contribution is 5.86. The van der Waals surface area contributed by atoms with Crippen LogP contribution in [0.4, 0.5) is 0 Å². The summed E-state index contributed by atoms with van der Waals surface area (Å²) in [4.78, 5) is 11.5. The molecule has 4 heteroatoms. The third-order valence-corrected chi connectivity index (χ3v) is 2.52. The Bertz CT molecular complexity index is 164. The van der Waals surface area contributed by atoms with Gasteiger partial charge >= 0.3 is 0 Å². The van der Waals surface area contributed by atoms with Crippen molar-refractivity contribution in [3.63, 3.8) is 0 Å². The maximum absolute atomic E-state index is 11.5. The number of hydrogen-bond donors (Lipinski definition) is 3. The molecule has 0 radical (unpaired) electrons. The molecule has 0 saturated carbocycles. The van der Waals surface area contributed by atoms with Crippen molar-refractivity contribution in [2.24, 2.45) is 0 Å². The van der Waals surface area contributed by atoms with Crippen molar-refractivity contribution in [3.05, 3.63) is 0 Å². The maximum atomic E-state index is 11.5. The van der Waals surface area contributed by atoms with E-state index in [4.69, 9.17) is 0 Å². The minimum absolute atomic E-state index is 0.0807. The first-order valence-corrected chi connectivity index (χ1v) is 4.37. The largest absolute Gasteiger partial charge is 0.358 e. The summed E-state index contributed by atoms with van der Waals surface area (Å²) in [5, 5.41) is 9.00. The minimum Gasteiger partial charge on any atom is -0.358 e. The Morgan fingerprint density at radius 2 is 2.25 bits per heavy atom. The molecule has 70 valence electrons. The van der Waals surface area contributed by atoms with Gasteiger partial charge < -0.3 is 16.0 Å². The van der Waals surface area contributed by atoms with E-state index in [-0.39, 0.29) is 11.4 Å². The van der Waals surface area contributed by atoms with Gasteiger partial charge in [-0.1, -0.05) is 0 Å². The first-order valence-electron chi connectivity index (χ1n) is 4.37. The van der Waals surface area contributed by atoms with Crippen LogP contribution in [0.15, 0.2) is 0 Å². The van der Waals surface area contributed by atoms with Gasteiger partial charge in [0.05, 0.1) is 0 Å². The van der Waals surface area contributed by atoms with E-state index in [1.165, 1.54) is 0 Å². The average Bonchev–Trinajstić information content (AvgIpc) is 2.17. The zero-order chi connectivity index (χ0) is 9.03. The molecule has 1 saturated heterocycles. The molecule has 1 fully saturated rings. The lowest BCUT2D eigenvalue weighted by Crippen LogP contribution is -2.62. The monoisotopic (exact) mass is 171 g/mol. The standard InChI is InChI=1S/C8H17N3O/c1-9-7(12)8(10-2)4-3-5-11-6-8/h10-11H,3-6H2,1-2H3,(H,9,12). The molecule has 1 aliphatic heterocycles. The van der Waals surface area contributed by atoms with E-state index >= 15 is 0 Å². The van der Waals surface area contributed by atoms with Crippen LogP contribution in [-0.2, 0) is 4.79 Å². The molecule has 1 atom stereocenters. The number of nitrogens with one attached hydrogen (secondary N) is 3. The fourth-order valence-electron chi connectivity index (χ4n) is 1.67. The second-order valence-electron chi connectivity index (χ2n) is 3.19. The Hall–Kier alpha value is -0.610. The van der Waals surface area contributed by atoms with Crippen LogP contribution in [0.2, 0.25) is 0 Å². The Labute approximate surface area is 73.1 Å². The molecule has 1 unspecified atom stereocenters. The number of hydrogen-bond acceptors (Lipinski definition) is 3. The fourth-order valence-corrected chi connectivity index (χ4v) is 1.67. The third kappa shape index (κ3) is 1.59. The summed E-state index contributed by atoms with van der Waals surface area (Å²) in [6.45, 7) is 1.74. The van der Waals surface area contributed by atoms with Crippen LogP contribution in [0.5, 0.6) is 0 Å². The van der Waals surface area contributed by atoms with Crippen LogP contribution >= 0.6 is 0 Å². The lowest BCUT2D eigenvalue weighted by atomic mass is 9.89. The smallest absolute Gasteiger partial charge is 0.241 e. The predicted octanol–water partition coefficient (Wildman–Crippen LogP) is -0.926. The van der Waals surface area contributed by atoms with Gasteiger partial charge in [0.15, 0.2) is 0 Å². The second kappa shape index (κ2) is 3.87. The number of amides is 1. The normalized spacial score (nSPS) is 29.8. The summed E-state index contributed by atoms with van der Waals surface area (Å²) < 4.78 is 0. The van der Waals surface area contributed by atoms with Crippen LogP contribution in [0, 0.1) is 0 Å². The van der Waals surface area contributed by atoms with Crippen LogP contribution < -0.4 is 16.0 Å². The molecule has 3 N–H and O–H groups in total. The summed E-state index contributed by atoms with van der Waals surface area (Å²) in [5.41, 5.74) is -0.382. The number of rotatable bonds is 2.